The van der Waals surface area contributed by atoms with Crippen molar-refractivity contribution in [1.29, 1.82) is 5.26 Å². The fraction of sp³-hybridized carbons (Fsp3) is 0.154. The van der Waals surface area contributed by atoms with Gasteiger partial charge in [-0.05, 0) is 23.8 Å². The van der Waals surface area contributed by atoms with E-state index in [0.717, 1.165) is 17.9 Å². The predicted octanol–water partition coefficient (Wildman–Crippen LogP) is 1.98. The summed E-state index contributed by atoms with van der Waals surface area (Å²) in [4.78, 5) is 10.3. The van der Waals surface area contributed by atoms with Crippen LogP contribution >= 0.6 is 0 Å². The van der Waals surface area contributed by atoms with Crippen LogP contribution in [-0.2, 0) is 6.54 Å². The fourth-order valence-corrected chi connectivity index (χ4v) is 1.54. The van der Waals surface area contributed by atoms with E-state index >= 15 is 0 Å². The van der Waals surface area contributed by atoms with Gasteiger partial charge in [0.2, 0.25) is 0 Å². The minimum Gasteiger partial charge on any atom is -0.355 e. The Morgan fingerprint density at radius 1 is 1.29 bits per heavy atom. The maximum Gasteiger partial charge on any atom is 0.142 e. The second-order valence-electron chi connectivity index (χ2n) is 3.71. The van der Waals surface area contributed by atoms with E-state index in [1.807, 2.05) is 48.5 Å². The van der Waals surface area contributed by atoms with E-state index in [-0.39, 0.29) is 0 Å². The summed E-state index contributed by atoms with van der Waals surface area (Å²) in [7, 11) is 1.94. The lowest BCUT2D eigenvalue weighted by atomic mass is 10.2. The van der Waals surface area contributed by atoms with Crippen molar-refractivity contribution < 1.29 is 0 Å². The zero-order valence-corrected chi connectivity index (χ0v) is 9.54. The quantitative estimate of drug-likeness (QED) is 0.800. The normalized spacial score (nSPS) is 9.65. The molecule has 17 heavy (non-hydrogen) atoms. The fourth-order valence-electron chi connectivity index (χ4n) is 1.54. The summed E-state index contributed by atoms with van der Waals surface area (Å²) in [5.41, 5.74) is 1.54. The molecule has 0 radical (unpaired) electrons. The van der Waals surface area contributed by atoms with E-state index in [0.29, 0.717) is 5.69 Å². The highest BCUT2D eigenvalue weighted by Crippen LogP contribution is 2.12. The maximum absolute atomic E-state index is 8.79. The topological polar surface area (TPSA) is 52.8 Å². The van der Waals surface area contributed by atoms with Gasteiger partial charge < -0.3 is 4.90 Å². The van der Waals surface area contributed by atoms with Gasteiger partial charge in [-0.1, -0.05) is 12.1 Å². The average Bonchev–Trinajstić information content (AvgIpc) is 2.40. The van der Waals surface area contributed by atoms with Crippen LogP contribution in [0.3, 0.4) is 0 Å². The van der Waals surface area contributed by atoms with Crippen LogP contribution in [0.1, 0.15) is 11.3 Å². The molecule has 2 heterocycles. The van der Waals surface area contributed by atoms with Gasteiger partial charge in [0.25, 0.3) is 0 Å². The van der Waals surface area contributed by atoms with Crippen LogP contribution in [0.2, 0.25) is 0 Å². The van der Waals surface area contributed by atoms with E-state index in [9.17, 15) is 0 Å². The van der Waals surface area contributed by atoms with Crippen molar-refractivity contribution in [3.05, 3.63) is 54.0 Å². The minimum absolute atomic E-state index is 0.431. The Bertz CT molecular complexity index is 531. The van der Waals surface area contributed by atoms with Crippen molar-refractivity contribution in [1.82, 2.24) is 9.97 Å². The van der Waals surface area contributed by atoms with E-state index < -0.39 is 0 Å². The van der Waals surface area contributed by atoms with E-state index in [1.165, 1.54) is 0 Å². The van der Waals surface area contributed by atoms with Crippen molar-refractivity contribution in [2.75, 3.05) is 11.9 Å². The number of aromatic nitrogens is 2. The van der Waals surface area contributed by atoms with Crippen LogP contribution in [0.5, 0.6) is 0 Å². The third kappa shape index (κ3) is 2.79. The van der Waals surface area contributed by atoms with Gasteiger partial charge in [0.15, 0.2) is 0 Å². The van der Waals surface area contributed by atoms with Gasteiger partial charge in [-0.15, -0.1) is 0 Å². The van der Waals surface area contributed by atoms with Gasteiger partial charge in [-0.25, -0.2) is 4.98 Å². The average molecular weight is 224 g/mol. The molecule has 0 saturated heterocycles. The third-order valence-corrected chi connectivity index (χ3v) is 2.38. The third-order valence-electron chi connectivity index (χ3n) is 2.38. The van der Waals surface area contributed by atoms with Crippen LogP contribution < -0.4 is 4.90 Å². The Morgan fingerprint density at radius 2 is 2.18 bits per heavy atom. The van der Waals surface area contributed by atoms with Gasteiger partial charge >= 0.3 is 0 Å². The van der Waals surface area contributed by atoms with Crippen molar-refractivity contribution in [2.24, 2.45) is 0 Å². The van der Waals surface area contributed by atoms with Crippen LogP contribution in [-0.4, -0.2) is 17.0 Å². The first-order valence-electron chi connectivity index (χ1n) is 5.27. The molecule has 0 aliphatic rings. The molecule has 0 atom stereocenters. The number of pyridine rings is 2. The smallest absolute Gasteiger partial charge is 0.142 e. The van der Waals surface area contributed by atoms with E-state index in [2.05, 4.69) is 9.97 Å². The molecule has 2 aromatic heterocycles. The monoisotopic (exact) mass is 224 g/mol. The summed E-state index contributed by atoms with van der Waals surface area (Å²) in [5.74, 6) is 0.785. The maximum atomic E-state index is 8.79. The Kier molecular flexibility index (Phi) is 3.31. The summed E-state index contributed by atoms with van der Waals surface area (Å²) in [5, 5.41) is 8.79. The molecule has 0 aliphatic carbocycles. The first kappa shape index (κ1) is 11.1. The molecule has 2 rings (SSSR count). The molecule has 0 fully saturated rings. The summed E-state index contributed by atoms with van der Waals surface area (Å²) in [6.45, 7) is 0.718. The summed E-state index contributed by atoms with van der Waals surface area (Å²) in [6, 6.07) is 11.4. The SMILES string of the molecule is CN(Cc1cccnc1)c1cccc(C#N)n1. The Morgan fingerprint density at radius 3 is 2.88 bits per heavy atom. The molecule has 0 unspecified atom stereocenters. The minimum atomic E-state index is 0.431. The molecule has 84 valence electrons. The lowest BCUT2D eigenvalue weighted by molar-refractivity contribution is 0.890. The molecule has 2 aromatic rings. The predicted molar refractivity (Wildman–Crippen MR) is 65.3 cm³/mol. The molecule has 0 N–H and O–H groups in total. The highest BCUT2D eigenvalue weighted by molar-refractivity contribution is 5.41. The van der Waals surface area contributed by atoms with Crippen LogP contribution in [0.25, 0.3) is 0 Å². The standard InChI is InChI=1S/C13H12N4/c1-17(10-11-4-3-7-15-9-11)13-6-2-5-12(8-14)16-13/h2-7,9H,10H2,1H3. The van der Waals surface area contributed by atoms with Gasteiger partial charge in [0, 0.05) is 26.0 Å². The van der Waals surface area contributed by atoms with Crippen LogP contribution in [0, 0.1) is 11.3 Å². The number of hydrogen-bond acceptors (Lipinski definition) is 4. The van der Waals surface area contributed by atoms with Gasteiger partial charge in [0.1, 0.15) is 17.6 Å². The number of nitriles is 1. The first-order valence-corrected chi connectivity index (χ1v) is 5.27. The molecular formula is C13H12N4. The Labute approximate surface area is 100 Å². The molecular weight excluding hydrogens is 212 g/mol. The second-order valence-corrected chi connectivity index (χ2v) is 3.71. The molecule has 0 bridgehead atoms. The zero-order valence-electron chi connectivity index (χ0n) is 9.54. The Balaban J connectivity index is 2.15. The first-order chi connectivity index (χ1) is 8.29. The molecule has 0 aliphatic heterocycles. The van der Waals surface area contributed by atoms with Crippen molar-refractivity contribution in [3.8, 4) is 6.07 Å². The van der Waals surface area contributed by atoms with Gasteiger partial charge in [0.05, 0.1) is 0 Å². The summed E-state index contributed by atoms with van der Waals surface area (Å²) >= 11 is 0. The van der Waals surface area contributed by atoms with Gasteiger partial charge in [-0.2, -0.15) is 5.26 Å². The molecule has 0 saturated carbocycles. The second kappa shape index (κ2) is 5.08. The molecule has 0 amide bonds. The van der Waals surface area contributed by atoms with Crippen molar-refractivity contribution >= 4 is 5.82 Å². The number of rotatable bonds is 3. The lowest BCUT2D eigenvalue weighted by Gasteiger charge is -2.17. The molecule has 0 aromatic carbocycles. The number of nitrogens with zero attached hydrogens (tertiary/aromatic N) is 4. The summed E-state index contributed by atoms with van der Waals surface area (Å²) in [6.07, 6.45) is 3.57. The number of anilines is 1. The highest BCUT2D eigenvalue weighted by Gasteiger charge is 2.04. The van der Waals surface area contributed by atoms with Crippen LogP contribution in [0.15, 0.2) is 42.7 Å². The molecule has 0 spiro atoms. The number of hydrogen-bond donors (Lipinski definition) is 0. The van der Waals surface area contributed by atoms with Crippen molar-refractivity contribution in [3.63, 3.8) is 0 Å². The zero-order chi connectivity index (χ0) is 12.1. The lowest BCUT2D eigenvalue weighted by Crippen LogP contribution is -2.17. The van der Waals surface area contributed by atoms with E-state index in [1.54, 1.807) is 12.3 Å². The van der Waals surface area contributed by atoms with Gasteiger partial charge in [-0.3, -0.25) is 4.98 Å². The Hall–Kier alpha value is -2.41. The summed E-state index contributed by atoms with van der Waals surface area (Å²) < 4.78 is 0. The largest absolute Gasteiger partial charge is 0.355 e. The van der Waals surface area contributed by atoms with E-state index in [4.69, 9.17) is 5.26 Å². The molecule has 4 nitrogen and oxygen atoms in total. The van der Waals surface area contributed by atoms with Crippen molar-refractivity contribution in [2.45, 2.75) is 6.54 Å². The molecule has 4 heteroatoms. The van der Waals surface area contributed by atoms with Crippen LogP contribution in [0.4, 0.5) is 5.82 Å². The highest BCUT2D eigenvalue weighted by atomic mass is 15.2.